The number of furan rings is 1. The number of hydrogen-bond donors (Lipinski definition) is 2. The van der Waals surface area contributed by atoms with Gasteiger partial charge in [-0.15, -0.1) is 0 Å². The number of fused-ring (bicyclic) bond motifs is 1. The van der Waals surface area contributed by atoms with Crippen LogP contribution in [0.3, 0.4) is 0 Å². The maximum absolute atomic E-state index is 13.1. The van der Waals surface area contributed by atoms with E-state index < -0.39 is 22.0 Å². The van der Waals surface area contributed by atoms with E-state index in [1.165, 1.54) is 10.6 Å². The van der Waals surface area contributed by atoms with Crippen molar-refractivity contribution < 1.29 is 27.2 Å². The summed E-state index contributed by atoms with van der Waals surface area (Å²) < 4.78 is 36.8. The lowest BCUT2D eigenvalue weighted by molar-refractivity contribution is -0.122. The van der Waals surface area contributed by atoms with Crippen molar-refractivity contribution in [1.82, 2.24) is 5.32 Å². The fourth-order valence-electron chi connectivity index (χ4n) is 3.54. The first-order chi connectivity index (χ1) is 15.8. The molecule has 0 saturated carbocycles. The van der Waals surface area contributed by atoms with Crippen LogP contribution in [0.1, 0.15) is 22.5 Å². The molecule has 2 N–H and O–H groups in total. The van der Waals surface area contributed by atoms with Crippen molar-refractivity contribution in [2.24, 2.45) is 0 Å². The molecule has 10 heteroatoms. The Kier molecular flexibility index (Phi) is 6.36. The molecule has 0 spiro atoms. The molecule has 1 aliphatic heterocycles. The molecular weight excluding hydrogens is 446 g/mol. The van der Waals surface area contributed by atoms with Crippen molar-refractivity contribution in [3.05, 3.63) is 78.3 Å². The minimum absolute atomic E-state index is 0.0826. The van der Waals surface area contributed by atoms with Gasteiger partial charge in [0.25, 0.3) is 11.8 Å². The zero-order valence-electron chi connectivity index (χ0n) is 17.9. The summed E-state index contributed by atoms with van der Waals surface area (Å²) in [5.74, 6) is 0.0417. The largest absolute Gasteiger partial charge is 0.478 e. The number of rotatable bonds is 6. The molecule has 0 saturated heterocycles. The predicted octanol–water partition coefficient (Wildman–Crippen LogP) is 2.77. The van der Waals surface area contributed by atoms with Crippen LogP contribution in [0.15, 0.2) is 71.3 Å². The van der Waals surface area contributed by atoms with Gasteiger partial charge in [0.15, 0.2) is 6.10 Å². The molecule has 3 aromatic rings. The first-order valence-electron chi connectivity index (χ1n) is 10.3. The highest BCUT2D eigenvalue weighted by molar-refractivity contribution is 7.92. The third kappa shape index (κ3) is 5.17. The number of hydrogen-bond acceptors (Lipinski definition) is 6. The van der Waals surface area contributed by atoms with E-state index in [4.69, 9.17) is 9.15 Å². The van der Waals surface area contributed by atoms with Gasteiger partial charge in [-0.1, -0.05) is 24.3 Å². The maximum Gasteiger partial charge on any atom is 0.265 e. The third-order valence-electron chi connectivity index (χ3n) is 5.12. The minimum Gasteiger partial charge on any atom is -0.478 e. The van der Waals surface area contributed by atoms with Crippen molar-refractivity contribution in [3.8, 4) is 5.75 Å². The number of sulfonamides is 1. The number of nitrogens with zero attached hydrogens (tertiary/aromatic N) is 1. The molecule has 2 amide bonds. The summed E-state index contributed by atoms with van der Waals surface area (Å²) in [4.78, 5) is 25.7. The normalized spacial score (nSPS) is 15.7. The number of benzene rings is 2. The standard InChI is InChI=1S/C23H23N3O6S/c1-33(29,30)26-13-12-21(32-20-11-5-4-10-19(20)26)23(28)25-18-9-3-2-8-17(18)22(27)24-15-16-7-6-14-31-16/h2-11,14,21H,12-13,15H2,1H3,(H,24,27)(H,25,28)/t21-/m1/s1. The van der Waals surface area contributed by atoms with E-state index in [0.29, 0.717) is 22.9 Å². The van der Waals surface area contributed by atoms with Crippen molar-refractivity contribution in [3.63, 3.8) is 0 Å². The van der Waals surface area contributed by atoms with Gasteiger partial charge in [0.2, 0.25) is 10.0 Å². The second-order valence-electron chi connectivity index (χ2n) is 7.49. The van der Waals surface area contributed by atoms with Gasteiger partial charge in [0.05, 0.1) is 36.0 Å². The van der Waals surface area contributed by atoms with Gasteiger partial charge in [-0.05, 0) is 36.4 Å². The molecule has 0 aliphatic carbocycles. The molecule has 0 bridgehead atoms. The summed E-state index contributed by atoms with van der Waals surface area (Å²) in [5, 5.41) is 5.50. The highest BCUT2D eigenvalue weighted by atomic mass is 32.2. The Bertz CT molecular complexity index is 1260. The Morgan fingerprint density at radius 2 is 1.82 bits per heavy atom. The van der Waals surface area contributed by atoms with Crippen LogP contribution >= 0.6 is 0 Å². The Hall–Kier alpha value is -3.79. The number of anilines is 2. The zero-order chi connectivity index (χ0) is 23.4. The number of para-hydroxylation sites is 3. The van der Waals surface area contributed by atoms with E-state index in [9.17, 15) is 18.0 Å². The molecule has 0 unspecified atom stereocenters. The quantitative estimate of drug-likeness (QED) is 0.573. The Labute approximate surface area is 191 Å². The van der Waals surface area contributed by atoms with Gasteiger partial charge in [-0.25, -0.2) is 8.42 Å². The number of carbonyl (C=O) groups is 2. The Morgan fingerprint density at radius 1 is 1.06 bits per heavy atom. The van der Waals surface area contributed by atoms with E-state index in [-0.39, 0.29) is 31.0 Å². The maximum atomic E-state index is 13.1. The molecule has 2 heterocycles. The van der Waals surface area contributed by atoms with Gasteiger partial charge in [-0.2, -0.15) is 0 Å². The summed E-state index contributed by atoms with van der Waals surface area (Å²) in [6.07, 6.45) is 1.82. The first kappa shape index (κ1) is 22.4. The summed E-state index contributed by atoms with van der Waals surface area (Å²) in [6.45, 7) is 0.289. The van der Waals surface area contributed by atoms with Crippen molar-refractivity contribution in [2.75, 3.05) is 22.4 Å². The lowest BCUT2D eigenvalue weighted by Crippen LogP contribution is -2.36. The summed E-state index contributed by atoms with van der Waals surface area (Å²) in [5.41, 5.74) is 0.984. The molecule has 1 atom stereocenters. The minimum atomic E-state index is -3.55. The van der Waals surface area contributed by atoms with Crippen LogP contribution in [0, 0.1) is 0 Å². The fraction of sp³-hybridized carbons (Fsp3) is 0.217. The first-order valence-corrected chi connectivity index (χ1v) is 12.1. The number of ether oxygens (including phenoxy) is 1. The van der Waals surface area contributed by atoms with Crippen LogP contribution in [0.5, 0.6) is 5.75 Å². The van der Waals surface area contributed by atoms with E-state index >= 15 is 0 Å². The highest BCUT2D eigenvalue weighted by Crippen LogP contribution is 2.34. The molecule has 1 aliphatic rings. The highest BCUT2D eigenvalue weighted by Gasteiger charge is 2.31. The lowest BCUT2D eigenvalue weighted by Gasteiger charge is -2.20. The number of nitrogens with one attached hydrogen (secondary N) is 2. The number of carbonyl (C=O) groups excluding carboxylic acids is 2. The van der Waals surface area contributed by atoms with Crippen LogP contribution in [0.25, 0.3) is 0 Å². The number of amides is 2. The summed E-state index contributed by atoms with van der Waals surface area (Å²) >= 11 is 0. The summed E-state index contributed by atoms with van der Waals surface area (Å²) in [7, 11) is -3.55. The molecule has 172 valence electrons. The monoisotopic (exact) mass is 469 g/mol. The summed E-state index contributed by atoms with van der Waals surface area (Å²) in [6, 6.07) is 16.8. The third-order valence-corrected chi connectivity index (χ3v) is 6.30. The van der Waals surface area contributed by atoms with E-state index in [0.717, 1.165) is 6.26 Å². The molecule has 0 fully saturated rings. The van der Waals surface area contributed by atoms with Crippen molar-refractivity contribution in [1.29, 1.82) is 0 Å². The molecular formula is C23H23N3O6S. The molecule has 0 radical (unpaired) electrons. The second-order valence-corrected chi connectivity index (χ2v) is 9.40. The molecule has 1 aromatic heterocycles. The van der Waals surface area contributed by atoms with E-state index in [1.807, 2.05) is 0 Å². The molecule has 2 aromatic carbocycles. The average Bonchev–Trinajstić information content (AvgIpc) is 3.22. The second kappa shape index (κ2) is 9.37. The van der Waals surface area contributed by atoms with Gasteiger partial charge in [-0.3, -0.25) is 13.9 Å². The molecule has 4 rings (SSSR count). The van der Waals surface area contributed by atoms with Crippen LogP contribution in [0.4, 0.5) is 11.4 Å². The Morgan fingerprint density at radius 3 is 2.58 bits per heavy atom. The predicted molar refractivity (Wildman–Crippen MR) is 123 cm³/mol. The molecule has 9 nitrogen and oxygen atoms in total. The van der Waals surface area contributed by atoms with Gasteiger partial charge < -0.3 is 19.8 Å². The van der Waals surface area contributed by atoms with Crippen LogP contribution in [-0.2, 0) is 21.4 Å². The Balaban J connectivity index is 1.50. The van der Waals surface area contributed by atoms with Crippen molar-refractivity contribution in [2.45, 2.75) is 19.1 Å². The lowest BCUT2D eigenvalue weighted by atomic mass is 10.1. The topological polar surface area (TPSA) is 118 Å². The van der Waals surface area contributed by atoms with Gasteiger partial charge in [0, 0.05) is 13.0 Å². The van der Waals surface area contributed by atoms with Crippen molar-refractivity contribution >= 4 is 33.2 Å². The zero-order valence-corrected chi connectivity index (χ0v) is 18.7. The van der Waals surface area contributed by atoms with Crippen LogP contribution < -0.4 is 19.7 Å². The van der Waals surface area contributed by atoms with E-state index in [2.05, 4.69) is 10.6 Å². The van der Waals surface area contributed by atoms with Crippen LogP contribution in [-0.4, -0.2) is 39.1 Å². The fourth-order valence-corrected chi connectivity index (χ4v) is 4.48. The van der Waals surface area contributed by atoms with E-state index in [1.54, 1.807) is 60.7 Å². The molecule has 33 heavy (non-hydrogen) atoms. The van der Waals surface area contributed by atoms with Gasteiger partial charge >= 0.3 is 0 Å². The smallest absolute Gasteiger partial charge is 0.265 e. The average molecular weight is 470 g/mol. The van der Waals surface area contributed by atoms with Gasteiger partial charge in [0.1, 0.15) is 11.5 Å². The SMILES string of the molecule is CS(=O)(=O)N1CC[C@H](C(=O)Nc2ccccc2C(=O)NCc2ccco2)Oc2ccccc21. The van der Waals surface area contributed by atoms with Crippen LogP contribution in [0.2, 0.25) is 0 Å².